The van der Waals surface area contributed by atoms with Gasteiger partial charge in [0.15, 0.2) is 0 Å². The summed E-state index contributed by atoms with van der Waals surface area (Å²) in [4.78, 5) is 5.08. The molecule has 18 heavy (non-hydrogen) atoms. The predicted molar refractivity (Wildman–Crippen MR) is 80.1 cm³/mol. The van der Waals surface area contributed by atoms with E-state index >= 15 is 0 Å². The number of hydrogen-bond donors (Lipinski definition) is 1. The highest BCUT2D eigenvalue weighted by molar-refractivity contribution is 4.68. The summed E-state index contributed by atoms with van der Waals surface area (Å²) >= 11 is 0. The maximum absolute atomic E-state index is 3.40. The van der Waals surface area contributed by atoms with Gasteiger partial charge in [-0.2, -0.15) is 0 Å². The molecule has 1 heterocycles. The largest absolute Gasteiger partial charge is 0.314 e. The summed E-state index contributed by atoms with van der Waals surface area (Å²) in [6.07, 6.45) is 3.98. The van der Waals surface area contributed by atoms with Gasteiger partial charge in [-0.1, -0.05) is 20.8 Å². The Morgan fingerprint density at radius 2 is 1.72 bits per heavy atom. The number of hydrogen-bond acceptors (Lipinski definition) is 3. The van der Waals surface area contributed by atoms with E-state index in [9.17, 15) is 0 Å². The number of nitrogens with zero attached hydrogens (tertiary/aromatic N) is 2. The molecule has 0 bridgehead atoms. The minimum atomic E-state index is 0.467. The Labute approximate surface area is 114 Å². The van der Waals surface area contributed by atoms with Crippen LogP contribution in [0.3, 0.4) is 0 Å². The minimum Gasteiger partial charge on any atom is -0.314 e. The molecule has 0 radical (unpaired) electrons. The summed E-state index contributed by atoms with van der Waals surface area (Å²) < 4.78 is 0. The Morgan fingerprint density at radius 1 is 1.06 bits per heavy atom. The van der Waals surface area contributed by atoms with Gasteiger partial charge in [-0.25, -0.2) is 0 Å². The van der Waals surface area contributed by atoms with Crippen LogP contribution in [0.1, 0.15) is 40.0 Å². The zero-order valence-corrected chi connectivity index (χ0v) is 13.0. The maximum Gasteiger partial charge on any atom is 0.0107 e. The van der Waals surface area contributed by atoms with Crippen molar-refractivity contribution in [3.8, 4) is 0 Å². The van der Waals surface area contributed by atoms with Crippen molar-refractivity contribution in [2.45, 2.75) is 40.0 Å². The SMILES string of the molecule is CN(CCCCN1CCNCC1)CCC(C)(C)C. The second-order valence-corrected chi connectivity index (χ2v) is 6.91. The van der Waals surface area contributed by atoms with Gasteiger partial charge in [-0.15, -0.1) is 0 Å². The molecule has 1 fully saturated rings. The smallest absolute Gasteiger partial charge is 0.0107 e. The van der Waals surface area contributed by atoms with Gasteiger partial charge >= 0.3 is 0 Å². The first kappa shape index (κ1) is 15.9. The van der Waals surface area contributed by atoms with E-state index < -0.39 is 0 Å². The van der Waals surface area contributed by atoms with Crippen LogP contribution in [-0.2, 0) is 0 Å². The topological polar surface area (TPSA) is 18.5 Å². The molecule has 108 valence electrons. The normalized spacial score (nSPS) is 18.5. The molecule has 1 N–H and O–H groups in total. The molecule has 1 aliphatic rings. The molecular weight excluding hydrogens is 222 g/mol. The van der Waals surface area contributed by atoms with Gasteiger partial charge in [0, 0.05) is 26.2 Å². The van der Waals surface area contributed by atoms with Crippen LogP contribution in [-0.4, -0.2) is 62.7 Å². The highest BCUT2D eigenvalue weighted by Gasteiger charge is 2.11. The van der Waals surface area contributed by atoms with E-state index in [1.54, 1.807) is 0 Å². The molecule has 0 aromatic heterocycles. The van der Waals surface area contributed by atoms with Gasteiger partial charge in [0.2, 0.25) is 0 Å². The van der Waals surface area contributed by atoms with Gasteiger partial charge < -0.3 is 15.1 Å². The van der Waals surface area contributed by atoms with Crippen molar-refractivity contribution in [3.05, 3.63) is 0 Å². The summed E-state index contributed by atoms with van der Waals surface area (Å²) in [5.41, 5.74) is 0.467. The fraction of sp³-hybridized carbons (Fsp3) is 1.00. The fourth-order valence-corrected chi connectivity index (χ4v) is 2.29. The number of rotatable bonds is 7. The quantitative estimate of drug-likeness (QED) is 0.702. The lowest BCUT2D eigenvalue weighted by Crippen LogP contribution is -2.43. The van der Waals surface area contributed by atoms with Crippen LogP contribution in [0, 0.1) is 5.41 Å². The van der Waals surface area contributed by atoms with Crippen molar-refractivity contribution < 1.29 is 0 Å². The van der Waals surface area contributed by atoms with Crippen molar-refractivity contribution >= 4 is 0 Å². The van der Waals surface area contributed by atoms with Gasteiger partial charge in [0.05, 0.1) is 0 Å². The standard InChI is InChI=1S/C15H33N3/c1-15(2,3)7-12-17(4)10-5-6-11-18-13-8-16-9-14-18/h16H,5-14H2,1-4H3. The first-order valence-corrected chi connectivity index (χ1v) is 7.59. The summed E-state index contributed by atoms with van der Waals surface area (Å²) in [5.74, 6) is 0. The molecule has 0 spiro atoms. The highest BCUT2D eigenvalue weighted by atomic mass is 15.2. The lowest BCUT2D eigenvalue weighted by Gasteiger charge is -2.27. The second kappa shape index (κ2) is 8.13. The molecular formula is C15H33N3. The molecule has 0 amide bonds. The monoisotopic (exact) mass is 255 g/mol. The third kappa shape index (κ3) is 8.06. The van der Waals surface area contributed by atoms with Crippen LogP contribution in [0.4, 0.5) is 0 Å². The van der Waals surface area contributed by atoms with E-state index in [4.69, 9.17) is 0 Å². The summed E-state index contributed by atoms with van der Waals surface area (Å²) in [7, 11) is 2.26. The Hall–Kier alpha value is -0.120. The number of unbranched alkanes of at least 4 members (excludes halogenated alkanes) is 1. The third-order valence-corrected chi connectivity index (χ3v) is 3.72. The van der Waals surface area contributed by atoms with E-state index in [-0.39, 0.29) is 0 Å². The molecule has 1 rings (SSSR count). The zero-order chi connectivity index (χ0) is 13.4. The van der Waals surface area contributed by atoms with Gasteiger partial charge in [-0.05, 0) is 51.4 Å². The van der Waals surface area contributed by atoms with E-state index in [1.165, 1.54) is 65.1 Å². The Balaban J connectivity index is 1.96. The molecule has 3 heteroatoms. The van der Waals surface area contributed by atoms with Crippen LogP contribution >= 0.6 is 0 Å². The van der Waals surface area contributed by atoms with Crippen molar-refractivity contribution in [2.24, 2.45) is 5.41 Å². The molecule has 0 aromatic carbocycles. The van der Waals surface area contributed by atoms with Crippen molar-refractivity contribution in [2.75, 3.05) is 52.9 Å². The zero-order valence-electron chi connectivity index (χ0n) is 13.0. The third-order valence-electron chi connectivity index (χ3n) is 3.72. The molecule has 1 aliphatic heterocycles. The van der Waals surface area contributed by atoms with Crippen LogP contribution in [0.25, 0.3) is 0 Å². The summed E-state index contributed by atoms with van der Waals surface area (Å²) in [6.45, 7) is 15.6. The molecule has 0 saturated carbocycles. The number of nitrogens with one attached hydrogen (secondary N) is 1. The van der Waals surface area contributed by atoms with Crippen LogP contribution in [0.15, 0.2) is 0 Å². The van der Waals surface area contributed by atoms with Gasteiger partial charge in [-0.3, -0.25) is 0 Å². The first-order valence-electron chi connectivity index (χ1n) is 7.59. The summed E-state index contributed by atoms with van der Waals surface area (Å²) in [6, 6.07) is 0. The fourth-order valence-electron chi connectivity index (χ4n) is 2.29. The van der Waals surface area contributed by atoms with Crippen molar-refractivity contribution in [3.63, 3.8) is 0 Å². The first-order chi connectivity index (χ1) is 8.47. The molecule has 3 nitrogen and oxygen atoms in total. The maximum atomic E-state index is 3.40. The van der Waals surface area contributed by atoms with E-state index in [0.29, 0.717) is 5.41 Å². The summed E-state index contributed by atoms with van der Waals surface area (Å²) in [5, 5.41) is 3.40. The predicted octanol–water partition coefficient (Wildman–Crippen LogP) is 2.04. The van der Waals surface area contributed by atoms with E-state index in [0.717, 1.165) is 0 Å². The molecule has 1 saturated heterocycles. The van der Waals surface area contributed by atoms with Gasteiger partial charge in [0.25, 0.3) is 0 Å². The lowest BCUT2D eigenvalue weighted by molar-refractivity contribution is 0.224. The molecule has 0 atom stereocenters. The van der Waals surface area contributed by atoms with Crippen LogP contribution in [0.5, 0.6) is 0 Å². The average molecular weight is 255 g/mol. The Kier molecular flexibility index (Phi) is 7.20. The Bertz CT molecular complexity index is 204. The minimum absolute atomic E-state index is 0.467. The number of piperazine rings is 1. The van der Waals surface area contributed by atoms with E-state index in [1.807, 2.05) is 0 Å². The molecule has 0 aliphatic carbocycles. The van der Waals surface area contributed by atoms with Gasteiger partial charge in [0.1, 0.15) is 0 Å². The van der Waals surface area contributed by atoms with Crippen molar-refractivity contribution in [1.82, 2.24) is 15.1 Å². The van der Waals surface area contributed by atoms with Crippen molar-refractivity contribution in [1.29, 1.82) is 0 Å². The van der Waals surface area contributed by atoms with Crippen LogP contribution in [0.2, 0.25) is 0 Å². The Morgan fingerprint density at radius 3 is 2.33 bits per heavy atom. The lowest BCUT2D eigenvalue weighted by atomic mass is 9.92. The second-order valence-electron chi connectivity index (χ2n) is 6.91. The van der Waals surface area contributed by atoms with E-state index in [2.05, 4.69) is 42.9 Å². The highest BCUT2D eigenvalue weighted by Crippen LogP contribution is 2.18. The molecule has 0 unspecified atom stereocenters. The molecule has 0 aromatic rings. The van der Waals surface area contributed by atoms with Crippen LogP contribution < -0.4 is 5.32 Å². The average Bonchev–Trinajstić information content (AvgIpc) is 2.33.